The Morgan fingerprint density at radius 2 is 2.00 bits per heavy atom. The molecule has 0 aliphatic rings. The molecule has 1 aromatic heterocycles. The molecule has 0 atom stereocenters. The van der Waals surface area contributed by atoms with Crippen molar-refractivity contribution in [3.63, 3.8) is 0 Å². The lowest BCUT2D eigenvalue weighted by Crippen LogP contribution is -1.89. The van der Waals surface area contributed by atoms with E-state index in [4.69, 9.17) is 10.2 Å². The number of rotatable bonds is 2. The zero-order valence-corrected chi connectivity index (χ0v) is 11.1. The quantitative estimate of drug-likeness (QED) is 0.702. The van der Waals surface area contributed by atoms with Crippen LogP contribution in [0.3, 0.4) is 0 Å². The highest BCUT2D eigenvalue weighted by atomic mass is 16.3. The van der Waals surface area contributed by atoms with Gasteiger partial charge in [0.1, 0.15) is 5.52 Å². The summed E-state index contributed by atoms with van der Waals surface area (Å²) in [5.74, 6) is 0.620. The second-order valence-electron chi connectivity index (χ2n) is 4.75. The molecule has 2 aromatic carbocycles. The average molecular weight is 252 g/mol. The van der Waals surface area contributed by atoms with Crippen molar-refractivity contribution in [2.75, 3.05) is 5.73 Å². The van der Waals surface area contributed by atoms with Crippen molar-refractivity contribution >= 4 is 16.8 Å². The molecule has 0 unspecified atom stereocenters. The summed E-state index contributed by atoms with van der Waals surface area (Å²) in [5.41, 5.74) is 11.6. The molecule has 0 bridgehead atoms. The van der Waals surface area contributed by atoms with Crippen molar-refractivity contribution in [3.05, 3.63) is 47.5 Å². The van der Waals surface area contributed by atoms with E-state index in [0.29, 0.717) is 5.89 Å². The second-order valence-corrected chi connectivity index (χ2v) is 4.75. The van der Waals surface area contributed by atoms with E-state index in [1.807, 2.05) is 31.2 Å². The van der Waals surface area contributed by atoms with Gasteiger partial charge in [-0.3, -0.25) is 0 Å². The Morgan fingerprint density at radius 1 is 1.16 bits per heavy atom. The molecule has 3 heteroatoms. The molecule has 0 aliphatic heterocycles. The molecule has 0 saturated heterocycles. The third-order valence-electron chi connectivity index (χ3n) is 3.39. The van der Waals surface area contributed by atoms with E-state index >= 15 is 0 Å². The minimum Gasteiger partial charge on any atom is -0.436 e. The highest BCUT2D eigenvalue weighted by Gasteiger charge is 2.09. The van der Waals surface area contributed by atoms with Crippen LogP contribution in [0.25, 0.3) is 22.6 Å². The van der Waals surface area contributed by atoms with Crippen LogP contribution in [-0.2, 0) is 6.42 Å². The van der Waals surface area contributed by atoms with Crippen molar-refractivity contribution < 1.29 is 4.42 Å². The van der Waals surface area contributed by atoms with Gasteiger partial charge in [0.15, 0.2) is 5.58 Å². The van der Waals surface area contributed by atoms with Crippen LogP contribution in [0.4, 0.5) is 5.69 Å². The molecule has 2 N–H and O–H groups in total. The number of benzene rings is 2. The predicted octanol–water partition coefficient (Wildman–Crippen LogP) is 3.95. The summed E-state index contributed by atoms with van der Waals surface area (Å²) in [6, 6.07) is 12.0. The maximum atomic E-state index is 5.93. The van der Waals surface area contributed by atoms with Gasteiger partial charge in [-0.2, -0.15) is 0 Å². The first-order valence-electron chi connectivity index (χ1n) is 6.43. The number of aromatic nitrogens is 1. The number of hydrogen-bond acceptors (Lipinski definition) is 3. The summed E-state index contributed by atoms with van der Waals surface area (Å²) in [6.45, 7) is 4.11. The third kappa shape index (κ3) is 2.08. The average Bonchev–Trinajstić information content (AvgIpc) is 2.84. The van der Waals surface area contributed by atoms with E-state index in [9.17, 15) is 0 Å². The van der Waals surface area contributed by atoms with Gasteiger partial charge < -0.3 is 10.2 Å². The Balaban J connectivity index is 2.11. The number of nitrogens with zero attached hydrogens (tertiary/aromatic N) is 1. The van der Waals surface area contributed by atoms with Gasteiger partial charge in [0.25, 0.3) is 0 Å². The molecule has 0 saturated carbocycles. The summed E-state index contributed by atoms with van der Waals surface area (Å²) >= 11 is 0. The SMILES string of the molecule is CCc1ccc2oc(-c3ccc(C)c(N)c3)nc2c1. The Morgan fingerprint density at radius 3 is 2.74 bits per heavy atom. The number of hydrogen-bond donors (Lipinski definition) is 1. The van der Waals surface area contributed by atoms with E-state index in [0.717, 1.165) is 34.3 Å². The fraction of sp³-hybridized carbons (Fsp3) is 0.188. The van der Waals surface area contributed by atoms with Crippen molar-refractivity contribution in [2.45, 2.75) is 20.3 Å². The molecule has 3 aromatic rings. The summed E-state index contributed by atoms with van der Waals surface area (Å²) in [4.78, 5) is 4.54. The Bertz CT molecular complexity index is 744. The van der Waals surface area contributed by atoms with E-state index in [1.54, 1.807) is 0 Å². The molecule has 0 fully saturated rings. The minimum atomic E-state index is 0.620. The van der Waals surface area contributed by atoms with Crippen molar-refractivity contribution in [2.24, 2.45) is 0 Å². The summed E-state index contributed by atoms with van der Waals surface area (Å²) in [7, 11) is 0. The Kier molecular flexibility index (Phi) is 2.75. The van der Waals surface area contributed by atoms with Crippen molar-refractivity contribution in [1.29, 1.82) is 0 Å². The number of aryl methyl sites for hydroxylation is 2. The molecular formula is C16H16N2O. The topological polar surface area (TPSA) is 52.0 Å². The minimum absolute atomic E-state index is 0.620. The highest BCUT2D eigenvalue weighted by molar-refractivity contribution is 5.77. The lowest BCUT2D eigenvalue weighted by atomic mass is 10.1. The van der Waals surface area contributed by atoms with Gasteiger partial charge in [0.05, 0.1) is 0 Å². The van der Waals surface area contributed by atoms with Crippen LogP contribution in [-0.4, -0.2) is 4.98 Å². The maximum absolute atomic E-state index is 5.93. The molecule has 1 heterocycles. The van der Waals surface area contributed by atoms with Gasteiger partial charge >= 0.3 is 0 Å². The molecule has 3 nitrogen and oxygen atoms in total. The number of nitrogen functional groups attached to an aromatic ring is 1. The number of anilines is 1. The van der Waals surface area contributed by atoms with E-state index in [1.165, 1.54) is 5.56 Å². The molecule has 0 radical (unpaired) electrons. The first-order valence-corrected chi connectivity index (χ1v) is 6.43. The standard InChI is InChI=1S/C16H16N2O/c1-3-11-5-7-15-14(8-11)18-16(19-15)12-6-4-10(2)13(17)9-12/h4-9H,3,17H2,1-2H3. The Hall–Kier alpha value is -2.29. The summed E-state index contributed by atoms with van der Waals surface area (Å²) < 4.78 is 5.78. The van der Waals surface area contributed by atoms with Crippen LogP contribution >= 0.6 is 0 Å². The lowest BCUT2D eigenvalue weighted by Gasteiger charge is -2.00. The molecule has 0 spiro atoms. The van der Waals surface area contributed by atoms with Crippen LogP contribution in [0.1, 0.15) is 18.1 Å². The van der Waals surface area contributed by atoms with Gasteiger partial charge in [-0.25, -0.2) is 4.98 Å². The van der Waals surface area contributed by atoms with E-state index in [2.05, 4.69) is 24.0 Å². The monoisotopic (exact) mass is 252 g/mol. The van der Waals surface area contributed by atoms with E-state index in [-0.39, 0.29) is 0 Å². The van der Waals surface area contributed by atoms with Crippen LogP contribution in [0.15, 0.2) is 40.8 Å². The zero-order chi connectivity index (χ0) is 13.4. The first-order chi connectivity index (χ1) is 9.17. The molecule has 0 aliphatic carbocycles. The largest absolute Gasteiger partial charge is 0.436 e. The normalized spacial score (nSPS) is 11.1. The molecule has 3 rings (SSSR count). The summed E-state index contributed by atoms with van der Waals surface area (Å²) in [5, 5.41) is 0. The number of fused-ring (bicyclic) bond motifs is 1. The van der Waals surface area contributed by atoms with Gasteiger partial charge in [0, 0.05) is 11.3 Å². The molecular weight excluding hydrogens is 236 g/mol. The fourth-order valence-electron chi connectivity index (χ4n) is 2.09. The summed E-state index contributed by atoms with van der Waals surface area (Å²) in [6.07, 6.45) is 0.996. The van der Waals surface area contributed by atoms with Crippen molar-refractivity contribution in [1.82, 2.24) is 4.98 Å². The van der Waals surface area contributed by atoms with Gasteiger partial charge in [-0.15, -0.1) is 0 Å². The first kappa shape index (κ1) is 11.8. The second kappa shape index (κ2) is 4.43. The van der Waals surface area contributed by atoms with Gasteiger partial charge in [0.2, 0.25) is 5.89 Å². The van der Waals surface area contributed by atoms with Crippen LogP contribution in [0.5, 0.6) is 0 Å². The van der Waals surface area contributed by atoms with Crippen molar-refractivity contribution in [3.8, 4) is 11.5 Å². The van der Waals surface area contributed by atoms with Crippen LogP contribution in [0, 0.1) is 6.92 Å². The molecule has 0 amide bonds. The molecule has 96 valence electrons. The lowest BCUT2D eigenvalue weighted by molar-refractivity contribution is 0.620. The third-order valence-corrected chi connectivity index (χ3v) is 3.39. The highest BCUT2D eigenvalue weighted by Crippen LogP contribution is 2.27. The predicted molar refractivity (Wildman–Crippen MR) is 78.0 cm³/mol. The zero-order valence-electron chi connectivity index (χ0n) is 11.1. The Labute approximate surface area is 112 Å². The van der Waals surface area contributed by atoms with Crippen LogP contribution < -0.4 is 5.73 Å². The number of oxazole rings is 1. The van der Waals surface area contributed by atoms with Crippen LogP contribution in [0.2, 0.25) is 0 Å². The maximum Gasteiger partial charge on any atom is 0.227 e. The number of nitrogens with two attached hydrogens (primary N) is 1. The van der Waals surface area contributed by atoms with Gasteiger partial charge in [-0.1, -0.05) is 19.1 Å². The smallest absolute Gasteiger partial charge is 0.227 e. The van der Waals surface area contributed by atoms with Gasteiger partial charge in [-0.05, 0) is 48.7 Å². The van der Waals surface area contributed by atoms with E-state index < -0.39 is 0 Å². The molecule has 19 heavy (non-hydrogen) atoms. The fourth-order valence-corrected chi connectivity index (χ4v) is 2.09.